The topological polar surface area (TPSA) is 47.6 Å². The summed E-state index contributed by atoms with van der Waals surface area (Å²) in [7, 11) is 1.63. The summed E-state index contributed by atoms with van der Waals surface area (Å²) in [6, 6.07) is 7.65. The summed E-state index contributed by atoms with van der Waals surface area (Å²) in [6.07, 6.45) is 6.11. The average Bonchev–Trinajstić information content (AvgIpc) is 2.54. The third-order valence-electron chi connectivity index (χ3n) is 3.95. The van der Waals surface area contributed by atoms with E-state index in [-0.39, 0.29) is 5.91 Å². The van der Waals surface area contributed by atoms with Gasteiger partial charge in [0, 0.05) is 6.04 Å². The van der Waals surface area contributed by atoms with Gasteiger partial charge in [-0.05, 0) is 43.5 Å². The Morgan fingerprint density at radius 3 is 2.38 bits per heavy atom. The molecular weight excluding hydrogens is 266 g/mol. The molecule has 1 aromatic rings. The summed E-state index contributed by atoms with van der Waals surface area (Å²) in [6.45, 7) is 1.97. The first-order valence-electron chi connectivity index (χ1n) is 7.84. The fourth-order valence-electron chi connectivity index (χ4n) is 2.68. The third-order valence-corrected chi connectivity index (χ3v) is 3.95. The van der Waals surface area contributed by atoms with E-state index < -0.39 is 6.10 Å². The summed E-state index contributed by atoms with van der Waals surface area (Å²) >= 11 is 0. The summed E-state index contributed by atoms with van der Waals surface area (Å²) in [4.78, 5) is 12.3. The van der Waals surface area contributed by atoms with Gasteiger partial charge in [-0.1, -0.05) is 26.2 Å². The Labute approximate surface area is 126 Å². The van der Waals surface area contributed by atoms with Crippen LogP contribution >= 0.6 is 0 Å². The van der Waals surface area contributed by atoms with Gasteiger partial charge < -0.3 is 14.8 Å². The molecule has 0 heterocycles. The minimum absolute atomic E-state index is 0.000202. The predicted molar refractivity (Wildman–Crippen MR) is 82.7 cm³/mol. The number of hydrogen-bond acceptors (Lipinski definition) is 3. The summed E-state index contributed by atoms with van der Waals surface area (Å²) in [5.74, 6) is 1.48. The minimum Gasteiger partial charge on any atom is -0.497 e. The second-order valence-corrected chi connectivity index (χ2v) is 5.53. The van der Waals surface area contributed by atoms with Gasteiger partial charge >= 0.3 is 0 Å². The van der Waals surface area contributed by atoms with Crippen LogP contribution in [-0.4, -0.2) is 25.2 Å². The molecule has 1 amide bonds. The molecule has 4 heteroatoms. The molecule has 1 aliphatic carbocycles. The van der Waals surface area contributed by atoms with Gasteiger partial charge in [0.05, 0.1) is 7.11 Å². The number of carbonyl (C=O) groups is 1. The van der Waals surface area contributed by atoms with Gasteiger partial charge in [0.25, 0.3) is 5.91 Å². The van der Waals surface area contributed by atoms with Crippen LogP contribution in [0.4, 0.5) is 0 Å². The van der Waals surface area contributed by atoms with Crippen molar-refractivity contribution in [3.8, 4) is 11.5 Å². The van der Waals surface area contributed by atoms with Gasteiger partial charge in [0.2, 0.25) is 0 Å². The van der Waals surface area contributed by atoms with Gasteiger partial charge in [0.1, 0.15) is 11.5 Å². The number of hydrogen-bond donors (Lipinski definition) is 1. The van der Waals surface area contributed by atoms with Crippen LogP contribution in [0.25, 0.3) is 0 Å². The van der Waals surface area contributed by atoms with E-state index in [1.54, 1.807) is 7.11 Å². The van der Waals surface area contributed by atoms with Crippen molar-refractivity contribution < 1.29 is 14.3 Å². The second kappa shape index (κ2) is 7.91. The molecule has 1 aliphatic rings. The molecule has 0 unspecified atom stereocenters. The van der Waals surface area contributed by atoms with Crippen LogP contribution in [0.5, 0.6) is 11.5 Å². The van der Waals surface area contributed by atoms with Crippen LogP contribution in [0.2, 0.25) is 0 Å². The smallest absolute Gasteiger partial charge is 0.261 e. The van der Waals surface area contributed by atoms with Gasteiger partial charge in [-0.3, -0.25) is 4.79 Å². The van der Waals surface area contributed by atoms with Crippen molar-refractivity contribution in [3.63, 3.8) is 0 Å². The summed E-state index contributed by atoms with van der Waals surface area (Å²) in [5, 5.41) is 3.12. The minimum atomic E-state index is -0.430. The molecular formula is C17H25NO3. The Bertz CT molecular complexity index is 438. The molecule has 1 N–H and O–H groups in total. The third kappa shape index (κ3) is 4.66. The van der Waals surface area contributed by atoms with E-state index in [1.807, 2.05) is 31.2 Å². The predicted octanol–water partition coefficient (Wildman–Crippen LogP) is 3.30. The largest absolute Gasteiger partial charge is 0.497 e. The van der Waals surface area contributed by atoms with E-state index in [4.69, 9.17) is 9.47 Å². The number of ether oxygens (including phenoxy) is 2. The molecule has 1 aromatic carbocycles. The van der Waals surface area contributed by atoms with Gasteiger partial charge in [-0.2, -0.15) is 0 Å². The zero-order valence-electron chi connectivity index (χ0n) is 12.9. The fourth-order valence-corrected chi connectivity index (χ4v) is 2.68. The van der Waals surface area contributed by atoms with E-state index in [0.29, 0.717) is 18.2 Å². The molecule has 4 nitrogen and oxygen atoms in total. The van der Waals surface area contributed by atoms with E-state index >= 15 is 0 Å². The van der Waals surface area contributed by atoms with Crippen molar-refractivity contribution >= 4 is 5.91 Å². The van der Waals surface area contributed by atoms with E-state index in [1.165, 1.54) is 19.3 Å². The first-order chi connectivity index (χ1) is 10.2. The molecule has 2 rings (SSSR count). The van der Waals surface area contributed by atoms with Crippen molar-refractivity contribution in [2.24, 2.45) is 0 Å². The van der Waals surface area contributed by atoms with Gasteiger partial charge in [0.15, 0.2) is 6.10 Å². The zero-order valence-corrected chi connectivity index (χ0v) is 12.9. The lowest BCUT2D eigenvalue weighted by Gasteiger charge is -2.25. The number of nitrogens with one attached hydrogen (secondary N) is 1. The zero-order chi connectivity index (χ0) is 15.1. The first kappa shape index (κ1) is 15.7. The first-order valence-corrected chi connectivity index (χ1v) is 7.84. The van der Waals surface area contributed by atoms with Crippen molar-refractivity contribution in [3.05, 3.63) is 24.3 Å². The fraction of sp³-hybridized carbons (Fsp3) is 0.588. The second-order valence-electron chi connectivity index (χ2n) is 5.53. The van der Waals surface area contributed by atoms with E-state index in [9.17, 15) is 4.79 Å². The highest BCUT2D eigenvalue weighted by molar-refractivity contribution is 5.81. The molecule has 21 heavy (non-hydrogen) atoms. The van der Waals surface area contributed by atoms with Crippen molar-refractivity contribution in [1.82, 2.24) is 5.32 Å². The number of rotatable bonds is 6. The summed E-state index contributed by atoms with van der Waals surface area (Å²) < 4.78 is 10.9. The molecule has 0 aliphatic heterocycles. The Morgan fingerprint density at radius 1 is 1.19 bits per heavy atom. The molecule has 0 bridgehead atoms. The number of benzene rings is 1. The normalized spacial score (nSPS) is 17.0. The quantitative estimate of drug-likeness (QED) is 0.874. The van der Waals surface area contributed by atoms with Crippen LogP contribution in [0, 0.1) is 0 Å². The average molecular weight is 291 g/mol. The Kier molecular flexibility index (Phi) is 5.90. The van der Waals surface area contributed by atoms with Gasteiger partial charge in [-0.15, -0.1) is 0 Å². The lowest BCUT2D eigenvalue weighted by Crippen LogP contribution is -2.44. The maximum absolute atomic E-state index is 12.3. The molecule has 0 spiro atoms. The standard InChI is InChI=1S/C17H25NO3/c1-3-16(17(19)18-13-7-5-4-6-8-13)21-15-11-9-14(20-2)10-12-15/h9-13,16H,3-8H2,1-2H3,(H,18,19)/t16-/m0/s1. The highest BCUT2D eigenvalue weighted by Crippen LogP contribution is 2.20. The summed E-state index contributed by atoms with van der Waals surface area (Å²) in [5.41, 5.74) is 0. The van der Waals surface area contributed by atoms with Crippen LogP contribution in [0.15, 0.2) is 24.3 Å². The number of methoxy groups -OCH3 is 1. The van der Waals surface area contributed by atoms with Crippen LogP contribution < -0.4 is 14.8 Å². The molecule has 1 fully saturated rings. The SMILES string of the molecule is CC[C@H](Oc1ccc(OC)cc1)C(=O)NC1CCCCC1. The van der Waals surface area contributed by atoms with Gasteiger partial charge in [-0.25, -0.2) is 0 Å². The Hall–Kier alpha value is -1.71. The van der Waals surface area contributed by atoms with Crippen molar-refractivity contribution in [1.29, 1.82) is 0 Å². The van der Waals surface area contributed by atoms with Crippen LogP contribution in [0.3, 0.4) is 0 Å². The lowest BCUT2D eigenvalue weighted by atomic mass is 9.95. The highest BCUT2D eigenvalue weighted by atomic mass is 16.5. The van der Waals surface area contributed by atoms with Crippen molar-refractivity contribution in [2.75, 3.05) is 7.11 Å². The molecule has 1 saturated carbocycles. The molecule has 0 aromatic heterocycles. The highest BCUT2D eigenvalue weighted by Gasteiger charge is 2.22. The molecule has 116 valence electrons. The number of amides is 1. The molecule has 0 radical (unpaired) electrons. The molecule has 0 saturated heterocycles. The Morgan fingerprint density at radius 2 is 1.81 bits per heavy atom. The maximum Gasteiger partial charge on any atom is 0.261 e. The van der Waals surface area contributed by atoms with E-state index in [0.717, 1.165) is 18.6 Å². The lowest BCUT2D eigenvalue weighted by molar-refractivity contribution is -0.129. The Balaban J connectivity index is 1.89. The monoisotopic (exact) mass is 291 g/mol. The molecule has 1 atom stereocenters. The van der Waals surface area contributed by atoms with Crippen LogP contribution in [-0.2, 0) is 4.79 Å². The van der Waals surface area contributed by atoms with Crippen LogP contribution in [0.1, 0.15) is 45.4 Å². The number of carbonyl (C=O) groups excluding carboxylic acids is 1. The maximum atomic E-state index is 12.3. The van der Waals surface area contributed by atoms with Crippen molar-refractivity contribution in [2.45, 2.75) is 57.6 Å². The van der Waals surface area contributed by atoms with E-state index in [2.05, 4.69) is 5.32 Å².